The van der Waals surface area contributed by atoms with Gasteiger partial charge in [0, 0.05) is 32.3 Å². The lowest BCUT2D eigenvalue weighted by Crippen LogP contribution is -2.44. The second-order valence-electron chi connectivity index (χ2n) is 6.21. The van der Waals surface area contributed by atoms with Crippen molar-refractivity contribution in [2.75, 3.05) is 13.2 Å². The van der Waals surface area contributed by atoms with Crippen LogP contribution in [0.2, 0.25) is 0 Å². The third-order valence-electron chi connectivity index (χ3n) is 4.19. The molecule has 3 rings (SSSR count). The molecule has 2 aromatic rings. The van der Waals surface area contributed by atoms with Crippen LogP contribution in [0.25, 0.3) is 0 Å². The number of nitrogens with two attached hydrogens (primary N) is 1. The maximum atomic E-state index is 12.1. The monoisotopic (exact) mass is 400 g/mol. The van der Waals surface area contributed by atoms with Crippen LogP contribution < -0.4 is 11.1 Å². The van der Waals surface area contributed by atoms with Crippen LogP contribution in [-0.2, 0) is 22.5 Å². The second-order valence-corrected chi connectivity index (χ2v) is 6.21. The van der Waals surface area contributed by atoms with Crippen LogP contribution in [0, 0.1) is 0 Å². The average Bonchev–Trinajstić information content (AvgIpc) is 3.25. The van der Waals surface area contributed by atoms with E-state index < -0.39 is 6.04 Å². The maximum absolute atomic E-state index is 12.1. The van der Waals surface area contributed by atoms with Gasteiger partial charge in [0.25, 0.3) is 0 Å². The number of ether oxygens (including phenoxy) is 1. The van der Waals surface area contributed by atoms with Crippen LogP contribution in [-0.4, -0.2) is 40.8 Å². The Bertz CT molecular complexity index is 660. The van der Waals surface area contributed by atoms with Gasteiger partial charge in [-0.05, 0) is 18.4 Å². The zero-order valence-electron chi connectivity index (χ0n) is 14.5. The summed E-state index contributed by atoms with van der Waals surface area (Å²) in [5.41, 5.74) is 8.03. The summed E-state index contributed by atoms with van der Waals surface area (Å²) >= 11 is 0. The molecule has 1 unspecified atom stereocenters. The van der Waals surface area contributed by atoms with E-state index in [0.717, 1.165) is 31.7 Å². The second kappa shape index (κ2) is 11.2. The topological polar surface area (TPSA) is 82.2 Å². The lowest BCUT2D eigenvalue weighted by atomic mass is 10.1. The Balaban J connectivity index is 0.00000169. The fourth-order valence-corrected chi connectivity index (χ4v) is 2.86. The van der Waals surface area contributed by atoms with Gasteiger partial charge in [0.2, 0.25) is 5.91 Å². The van der Waals surface area contributed by atoms with Crippen LogP contribution in [0.15, 0.2) is 42.9 Å². The number of nitrogens with one attached hydrogen (secondary N) is 1. The number of aromatic nitrogens is 2. The van der Waals surface area contributed by atoms with Crippen LogP contribution in [0.1, 0.15) is 24.1 Å². The third-order valence-corrected chi connectivity index (χ3v) is 4.19. The predicted octanol–water partition coefficient (Wildman–Crippen LogP) is 1.94. The van der Waals surface area contributed by atoms with E-state index in [1.54, 1.807) is 6.33 Å². The number of amides is 1. The summed E-state index contributed by atoms with van der Waals surface area (Å²) in [6.45, 7) is 2.08. The van der Waals surface area contributed by atoms with E-state index in [1.807, 2.05) is 29.0 Å². The Morgan fingerprint density at radius 2 is 2.12 bits per heavy atom. The van der Waals surface area contributed by atoms with Crippen molar-refractivity contribution in [2.45, 2.75) is 38.0 Å². The summed E-state index contributed by atoms with van der Waals surface area (Å²) in [5.74, 6) is -0.150. The Labute approximate surface area is 166 Å². The molecule has 1 aliphatic heterocycles. The van der Waals surface area contributed by atoms with Gasteiger partial charge in [-0.15, -0.1) is 24.8 Å². The number of carbonyl (C=O) groups excluding carboxylic acids is 1. The van der Waals surface area contributed by atoms with Crippen molar-refractivity contribution in [3.8, 4) is 0 Å². The number of carbonyl (C=O) groups is 1. The molecule has 1 aromatic carbocycles. The largest absolute Gasteiger partial charge is 0.376 e. The molecule has 0 saturated carbocycles. The van der Waals surface area contributed by atoms with Crippen molar-refractivity contribution in [3.63, 3.8) is 0 Å². The van der Waals surface area contributed by atoms with Crippen molar-refractivity contribution < 1.29 is 9.53 Å². The molecule has 144 valence electrons. The van der Waals surface area contributed by atoms with Crippen LogP contribution in [0.3, 0.4) is 0 Å². The van der Waals surface area contributed by atoms with Crippen molar-refractivity contribution >= 4 is 30.7 Å². The third kappa shape index (κ3) is 6.61. The highest BCUT2D eigenvalue weighted by atomic mass is 35.5. The Hall–Kier alpha value is -1.60. The molecule has 1 amide bonds. The Kier molecular flexibility index (Phi) is 9.65. The fourth-order valence-electron chi connectivity index (χ4n) is 2.86. The molecule has 26 heavy (non-hydrogen) atoms. The van der Waals surface area contributed by atoms with E-state index in [0.29, 0.717) is 13.0 Å². The first-order valence-electron chi connectivity index (χ1n) is 8.40. The summed E-state index contributed by atoms with van der Waals surface area (Å²) in [4.78, 5) is 16.4. The van der Waals surface area contributed by atoms with Gasteiger partial charge < -0.3 is 20.4 Å². The number of rotatable bonds is 7. The van der Waals surface area contributed by atoms with Crippen molar-refractivity contribution in [2.24, 2.45) is 5.73 Å². The molecule has 1 aromatic heterocycles. The zero-order valence-corrected chi connectivity index (χ0v) is 16.2. The minimum atomic E-state index is -0.591. The lowest BCUT2D eigenvalue weighted by Gasteiger charge is -2.14. The first-order valence-corrected chi connectivity index (χ1v) is 8.40. The number of hydrogen-bond donors (Lipinski definition) is 2. The summed E-state index contributed by atoms with van der Waals surface area (Å²) in [6.07, 6.45) is 6.34. The maximum Gasteiger partial charge on any atom is 0.237 e. The Morgan fingerprint density at radius 3 is 2.81 bits per heavy atom. The van der Waals surface area contributed by atoms with E-state index in [1.165, 1.54) is 5.56 Å². The number of hydrogen-bond acceptors (Lipinski definition) is 4. The summed E-state index contributed by atoms with van der Waals surface area (Å²) in [5, 5.41) is 2.87. The predicted molar refractivity (Wildman–Crippen MR) is 106 cm³/mol. The smallest absolute Gasteiger partial charge is 0.237 e. The number of benzene rings is 1. The Morgan fingerprint density at radius 1 is 1.35 bits per heavy atom. The van der Waals surface area contributed by atoms with Gasteiger partial charge in [-0.2, -0.15) is 0 Å². The van der Waals surface area contributed by atoms with Gasteiger partial charge in [-0.1, -0.05) is 30.3 Å². The summed E-state index contributed by atoms with van der Waals surface area (Å²) in [7, 11) is 0. The normalized spacial score (nSPS) is 17.0. The van der Waals surface area contributed by atoms with Gasteiger partial charge in [-0.25, -0.2) is 4.98 Å². The number of imidazole rings is 1. The molecule has 1 aliphatic rings. The lowest BCUT2D eigenvalue weighted by molar-refractivity contribution is -0.122. The molecule has 6 nitrogen and oxygen atoms in total. The van der Waals surface area contributed by atoms with Crippen molar-refractivity contribution in [1.82, 2.24) is 14.9 Å². The van der Waals surface area contributed by atoms with Gasteiger partial charge in [0.05, 0.1) is 24.2 Å². The number of nitrogens with zero attached hydrogens (tertiary/aromatic N) is 2. The standard InChI is InChI=1S/C18H24N4O2.2ClH/c19-17(18(23)20-10-16-7-4-8-24-16)9-15-12-22(13-21-15)11-14-5-2-1-3-6-14;;/h1-3,5-6,12-13,16-17H,4,7-11,19H2,(H,20,23);2*1H/t16?,17-;;/m0../s1. The van der Waals surface area contributed by atoms with Gasteiger partial charge in [-0.3, -0.25) is 4.79 Å². The highest BCUT2D eigenvalue weighted by Gasteiger charge is 2.19. The van der Waals surface area contributed by atoms with Gasteiger partial charge in [0.1, 0.15) is 0 Å². The quantitative estimate of drug-likeness (QED) is 0.743. The summed E-state index contributed by atoms with van der Waals surface area (Å²) in [6, 6.07) is 9.58. The molecule has 0 aliphatic carbocycles. The number of halogens is 2. The molecule has 2 heterocycles. The molecular weight excluding hydrogens is 375 g/mol. The zero-order chi connectivity index (χ0) is 16.8. The highest BCUT2D eigenvalue weighted by molar-refractivity contribution is 5.85. The molecule has 0 bridgehead atoms. The minimum absolute atomic E-state index is 0. The first-order chi connectivity index (χ1) is 11.7. The molecule has 1 fully saturated rings. The average molecular weight is 401 g/mol. The molecular formula is C18H26Cl2N4O2. The molecule has 1 saturated heterocycles. The van der Waals surface area contributed by atoms with E-state index >= 15 is 0 Å². The van der Waals surface area contributed by atoms with E-state index in [9.17, 15) is 4.79 Å². The molecule has 0 radical (unpaired) electrons. The first kappa shape index (κ1) is 22.4. The molecule has 2 atom stereocenters. The van der Waals surface area contributed by atoms with Gasteiger partial charge in [0.15, 0.2) is 0 Å². The molecule has 0 spiro atoms. The highest BCUT2D eigenvalue weighted by Crippen LogP contribution is 2.10. The fraction of sp³-hybridized carbons (Fsp3) is 0.444. The summed E-state index contributed by atoms with van der Waals surface area (Å²) < 4.78 is 7.49. The van der Waals surface area contributed by atoms with Crippen LogP contribution in [0.4, 0.5) is 0 Å². The van der Waals surface area contributed by atoms with Crippen molar-refractivity contribution in [1.29, 1.82) is 0 Å². The van der Waals surface area contributed by atoms with Crippen LogP contribution in [0.5, 0.6) is 0 Å². The van der Waals surface area contributed by atoms with E-state index in [4.69, 9.17) is 10.5 Å². The van der Waals surface area contributed by atoms with Gasteiger partial charge >= 0.3 is 0 Å². The van der Waals surface area contributed by atoms with E-state index in [-0.39, 0.29) is 36.8 Å². The van der Waals surface area contributed by atoms with Crippen LogP contribution >= 0.6 is 24.8 Å². The molecule has 8 heteroatoms. The van der Waals surface area contributed by atoms with Crippen molar-refractivity contribution in [3.05, 3.63) is 54.1 Å². The minimum Gasteiger partial charge on any atom is -0.376 e. The van der Waals surface area contributed by atoms with E-state index in [2.05, 4.69) is 22.4 Å². The molecule has 3 N–H and O–H groups in total. The SMILES string of the molecule is Cl.Cl.N[C@@H](Cc1cn(Cc2ccccc2)cn1)C(=O)NCC1CCCO1.